The molecule has 0 spiro atoms. The number of hydrogen-bond acceptors (Lipinski definition) is 4. The maximum Gasteiger partial charge on any atom is 0.251 e. The maximum absolute atomic E-state index is 12.3. The molecule has 0 fully saturated rings. The molecular formula is C20H22N2O4. The Labute approximate surface area is 152 Å². The summed E-state index contributed by atoms with van der Waals surface area (Å²) in [5.41, 5.74) is 2.14. The van der Waals surface area contributed by atoms with E-state index in [-0.39, 0.29) is 24.5 Å². The Kier molecular flexibility index (Phi) is 5.41. The van der Waals surface area contributed by atoms with Gasteiger partial charge in [0.1, 0.15) is 0 Å². The molecule has 0 aromatic heterocycles. The van der Waals surface area contributed by atoms with E-state index in [9.17, 15) is 9.59 Å². The summed E-state index contributed by atoms with van der Waals surface area (Å²) >= 11 is 0. The third-order valence-electron chi connectivity index (χ3n) is 4.34. The Morgan fingerprint density at radius 3 is 2.73 bits per heavy atom. The van der Waals surface area contributed by atoms with E-state index in [4.69, 9.17) is 9.47 Å². The predicted molar refractivity (Wildman–Crippen MR) is 98.3 cm³/mol. The Balaban J connectivity index is 1.60. The van der Waals surface area contributed by atoms with E-state index in [1.54, 1.807) is 18.2 Å². The summed E-state index contributed by atoms with van der Waals surface area (Å²) in [5.74, 6) is 0.981. The van der Waals surface area contributed by atoms with Crippen LogP contribution in [0.5, 0.6) is 11.5 Å². The molecule has 6 nitrogen and oxygen atoms in total. The number of carbonyl (C=O) groups is 2. The van der Waals surface area contributed by atoms with Gasteiger partial charge in [0.2, 0.25) is 12.7 Å². The van der Waals surface area contributed by atoms with Crippen molar-refractivity contribution >= 4 is 17.5 Å². The average Bonchev–Trinajstić information content (AvgIpc) is 3.13. The maximum atomic E-state index is 12.3. The van der Waals surface area contributed by atoms with Gasteiger partial charge in [0.15, 0.2) is 11.5 Å². The molecule has 0 saturated carbocycles. The minimum Gasteiger partial charge on any atom is -0.454 e. The fourth-order valence-corrected chi connectivity index (χ4v) is 2.53. The van der Waals surface area contributed by atoms with E-state index < -0.39 is 0 Å². The first-order chi connectivity index (χ1) is 12.6. The van der Waals surface area contributed by atoms with E-state index in [1.807, 2.05) is 38.1 Å². The lowest BCUT2D eigenvalue weighted by Crippen LogP contribution is -2.23. The Morgan fingerprint density at radius 2 is 1.92 bits per heavy atom. The molecule has 1 aliphatic heterocycles. The first-order valence-corrected chi connectivity index (χ1v) is 8.64. The van der Waals surface area contributed by atoms with Gasteiger partial charge in [-0.1, -0.05) is 26.0 Å². The zero-order valence-corrected chi connectivity index (χ0v) is 14.9. The zero-order chi connectivity index (χ0) is 18.5. The van der Waals surface area contributed by atoms with Crippen LogP contribution in [0.25, 0.3) is 0 Å². The van der Waals surface area contributed by atoms with Crippen molar-refractivity contribution in [3.8, 4) is 11.5 Å². The van der Waals surface area contributed by atoms with Crippen molar-refractivity contribution < 1.29 is 19.1 Å². The molecule has 1 heterocycles. The quantitative estimate of drug-likeness (QED) is 0.834. The van der Waals surface area contributed by atoms with Crippen LogP contribution in [0.4, 0.5) is 5.69 Å². The van der Waals surface area contributed by atoms with Gasteiger partial charge in [-0.3, -0.25) is 9.59 Å². The van der Waals surface area contributed by atoms with E-state index >= 15 is 0 Å². The monoisotopic (exact) mass is 354 g/mol. The van der Waals surface area contributed by atoms with Crippen LogP contribution < -0.4 is 20.1 Å². The highest BCUT2D eigenvalue weighted by Gasteiger charge is 2.16. The fourth-order valence-electron chi connectivity index (χ4n) is 2.53. The second-order valence-electron chi connectivity index (χ2n) is 6.25. The van der Waals surface area contributed by atoms with Crippen molar-refractivity contribution in [1.29, 1.82) is 0 Å². The first kappa shape index (κ1) is 17.8. The molecule has 1 aliphatic rings. The molecule has 0 aliphatic carbocycles. The predicted octanol–water partition coefficient (Wildman–Crippen LogP) is 3.33. The van der Waals surface area contributed by atoms with Crippen LogP contribution in [-0.2, 0) is 11.3 Å². The number of benzene rings is 2. The van der Waals surface area contributed by atoms with E-state index in [0.717, 1.165) is 17.7 Å². The summed E-state index contributed by atoms with van der Waals surface area (Å²) in [6.45, 7) is 4.41. The van der Waals surface area contributed by atoms with Gasteiger partial charge in [0, 0.05) is 23.7 Å². The molecule has 3 rings (SSSR count). The Morgan fingerprint density at radius 1 is 1.12 bits per heavy atom. The largest absolute Gasteiger partial charge is 0.454 e. The van der Waals surface area contributed by atoms with Crippen LogP contribution in [0.3, 0.4) is 0 Å². The number of rotatable bonds is 6. The molecule has 1 atom stereocenters. The molecule has 0 radical (unpaired) electrons. The summed E-state index contributed by atoms with van der Waals surface area (Å²) in [5, 5.41) is 5.77. The molecule has 2 N–H and O–H groups in total. The fraction of sp³-hybridized carbons (Fsp3) is 0.300. The van der Waals surface area contributed by atoms with Crippen molar-refractivity contribution in [1.82, 2.24) is 5.32 Å². The highest BCUT2D eigenvalue weighted by Crippen LogP contribution is 2.32. The van der Waals surface area contributed by atoms with Gasteiger partial charge in [0.05, 0.1) is 0 Å². The molecule has 2 amide bonds. The highest BCUT2D eigenvalue weighted by atomic mass is 16.7. The number of amides is 2. The number of hydrogen-bond donors (Lipinski definition) is 2. The molecule has 2 aromatic rings. The number of fused-ring (bicyclic) bond motifs is 1. The average molecular weight is 354 g/mol. The van der Waals surface area contributed by atoms with Gasteiger partial charge in [-0.05, 0) is 42.3 Å². The van der Waals surface area contributed by atoms with E-state index in [1.165, 1.54) is 0 Å². The van der Waals surface area contributed by atoms with Gasteiger partial charge < -0.3 is 20.1 Å². The third kappa shape index (κ3) is 4.14. The summed E-state index contributed by atoms with van der Waals surface area (Å²) in [6, 6.07) is 12.5. The van der Waals surface area contributed by atoms with Crippen molar-refractivity contribution in [2.24, 2.45) is 5.92 Å². The van der Waals surface area contributed by atoms with E-state index in [0.29, 0.717) is 23.6 Å². The highest BCUT2D eigenvalue weighted by molar-refractivity contribution is 5.95. The third-order valence-corrected chi connectivity index (χ3v) is 4.34. The molecule has 0 saturated heterocycles. The van der Waals surface area contributed by atoms with Gasteiger partial charge in [-0.25, -0.2) is 0 Å². The topological polar surface area (TPSA) is 76.7 Å². The van der Waals surface area contributed by atoms with E-state index in [2.05, 4.69) is 10.6 Å². The first-order valence-electron chi connectivity index (χ1n) is 8.64. The van der Waals surface area contributed by atoms with Crippen molar-refractivity contribution in [3.63, 3.8) is 0 Å². The lowest BCUT2D eigenvalue weighted by Gasteiger charge is -2.11. The summed E-state index contributed by atoms with van der Waals surface area (Å²) in [7, 11) is 0. The second kappa shape index (κ2) is 7.91. The Bertz CT molecular complexity index is 819. The molecule has 136 valence electrons. The van der Waals surface area contributed by atoms with Crippen molar-refractivity contribution in [3.05, 3.63) is 53.6 Å². The summed E-state index contributed by atoms with van der Waals surface area (Å²) in [4.78, 5) is 24.3. The lowest BCUT2D eigenvalue weighted by molar-refractivity contribution is -0.119. The molecule has 0 bridgehead atoms. The molecule has 26 heavy (non-hydrogen) atoms. The normalized spacial score (nSPS) is 13.2. The number of ether oxygens (including phenoxy) is 2. The second-order valence-corrected chi connectivity index (χ2v) is 6.25. The SMILES string of the molecule is CCC(C)C(=O)Nc1cccc(CNC(=O)c2ccc3c(c2)OCO3)c1. The minimum absolute atomic E-state index is 0.00551. The standard InChI is InChI=1S/C20H22N2O4/c1-3-13(2)19(23)22-16-6-4-5-14(9-16)11-21-20(24)15-7-8-17-18(10-15)26-12-25-17/h4-10,13H,3,11-12H2,1-2H3,(H,21,24)(H,22,23). The number of anilines is 1. The molecule has 6 heteroatoms. The van der Waals surface area contributed by atoms with Crippen molar-refractivity contribution in [2.75, 3.05) is 12.1 Å². The Hall–Kier alpha value is -3.02. The van der Waals surface area contributed by atoms with Crippen LogP contribution in [0, 0.1) is 5.92 Å². The van der Waals surface area contributed by atoms with Crippen LogP contribution >= 0.6 is 0 Å². The minimum atomic E-state index is -0.197. The van der Waals surface area contributed by atoms with Crippen molar-refractivity contribution in [2.45, 2.75) is 26.8 Å². The molecule has 1 unspecified atom stereocenters. The van der Waals surface area contributed by atoms with Gasteiger partial charge >= 0.3 is 0 Å². The molecule has 2 aromatic carbocycles. The summed E-state index contributed by atoms with van der Waals surface area (Å²) in [6.07, 6.45) is 0.789. The van der Waals surface area contributed by atoms with Gasteiger partial charge in [0.25, 0.3) is 5.91 Å². The molecular weight excluding hydrogens is 332 g/mol. The van der Waals surface area contributed by atoms with Crippen LogP contribution in [-0.4, -0.2) is 18.6 Å². The van der Waals surface area contributed by atoms with Crippen LogP contribution in [0.1, 0.15) is 36.2 Å². The zero-order valence-electron chi connectivity index (χ0n) is 14.9. The smallest absolute Gasteiger partial charge is 0.251 e. The van der Waals surface area contributed by atoms with Gasteiger partial charge in [-0.2, -0.15) is 0 Å². The number of nitrogens with one attached hydrogen (secondary N) is 2. The van der Waals surface area contributed by atoms with Crippen LogP contribution in [0.15, 0.2) is 42.5 Å². The van der Waals surface area contributed by atoms with Gasteiger partial charge in [-0.15, -0.1) is 0 Å². The lowest BCUT2D eigenvalue weighted by atomic mass is 10.1. The van der Waals surface area contributed by atoms with Crippen LogP contribution in [0.2, 0.25) is 0 Å². The number of carbonyl (C=O) groups excluding carboxylic acids is 2. The summed E-state index contributed by atoms with van der Waals surface area (Å²) < 4.78 is 10.5.